The van der Waals surface area contributed by atoms with E-state index in [2.05, 4.69) is 16.9 Å². The van der Waals surface area contributed by atoms with Crippen molar-refractivity contribution in [2.75, 3.05) is 13.7 Å². The molecule has 1 fully saturated rings. The van der Waals surface area contributed by atoms with Crippen LogP contribution in [0, 0.1) is 11.7 Å². The molecule has 0 bridgehead atoms. The Hall–Kier alpha value is -2.53. The Bertz CT molecular complexity index is 1030. The molecular formula is C27H29F3O2. The van der Waals surface area contributed by atoms with Gasteiger partial charge in [0.25, 0.3) is 0 Å². The van der Waals surface area contributed by atoms with Crippen LogP contribution in [0.2, 0.25) is 0 Å². The lowest BCUT2D eigenvalue weighted by Crippen LogP contribution is -2.17. The lowest BCUT2D eigenvalue weighted by molar-refractivity contribution is -0.0498. The van der Waals surface area contributed by atoms with Crippen LogP contribution in [0.3, 0.4) is 0 Å². The van der Waals surface area contributed by atoms with Gasteiger partial charge < -0.3 is 9.47 Å². The number of ether oxygens (including phenoxy) is 2. The van der Waals surface area contributed by atoms with E-state index in [-0.39, 0.29) is 11.6 Å². The Morgan fingerprint density at radius 1 is 0.906 bits per heavy atom. The molecule has 0 spiro atoms. The van der Waals surface area contributed by atoms with Gasteiger partial charge in [0, 0.05) is 19.1 Å². The zero-order valence-corrected chi connectivity index (χ0v) is 18.3. The molecule has 0 N–H and O–H groups in total. The fourth-order valence-corrected chi connectivity index (χ4v) is 4.82. The van der Waals surface area contributed by atoms with E-state index in [1.54, 1.807) is 19.2 Å². The van der Waals surface area contributed by atoms with Crippen LogP contribution in [0.15, 0.2) is 54.6 Å². The van der Waals surface area contributed by atoms with Crippen molar-refractivity contribution in [3.8, 4) is 5.75 Å². The lowest BCUT2D eigenvalue weighted by Gasteiger charge is -2.28. The zero-order valence-electron chi connectivity index (χ0n) is 18.3. The monoisotopic (exact) mass is 442 g/mol. The number of alkyl halides is 2. The van der Waals surface area contributed by atoms with Crippen LogP contribution in [-0.4, -0.2) is 20.3 Å². The van der Waals surface area contributed by atoms with E-state index in [1.165, 1.54) is 30.5 Å². The van der Waals surface area contributed by atoms with Crippen molar-refractivity contribution < 1.29 is 22.6 Å². The number of aryl methyl sites for hydroxylation is 2. The Morgan fingerprint density at radius 3 is 2.34 bits per heavy atom. The normalized spacial score (nSPS) is 18.9. The number of fused-ring (bicyclic) bond motifs is 1. The first kappa shape index (κ1) is 22.7. The van der Waals surface area contributed by atoms with E-state index < -0.39 is 6.61 Å². The van der Waals surface area contributed by atoms with Crippen molar-refractivity contribution in [1.82, 2.24) is 0 Å². The molecule has 3 aromatic rings. The third-order valence-corrected chi connectivity index (χ3v) is 6.61. The van der Waals surface area contributed by atoms with Crippen molar-refractivity contribution in [1.29, 1.82) is 0 Å². The Balaban J connectivity index is 1.42. The number of methoxy groups -OCH3 is 1. The number of hydrogen-bond donors (Lipinski definition) is 0. The van der Waals surface area contributed by atoms with E-state index in [0.29, 0.717) is 35.6 Å². The second-order valence-corrected chi connectivity index (χ2v) is 8.71. The predicted molar refractivity (Wildman–Crippen MR) is 121 cm³/mol. The second-order valence-electron chi connectivity index (χ2n) is 8.71. The van der Waals surface area contributed by atoms with E-state index in [9.17, 15) is 8.78 Å². The quantitative estimate of drug-likeness (QED) is 0.365. The van der Waals surface area contributed by atoms with Crippen molar-refractivity contribution in [2.45, 2.75) is 51.1 Å². The molecule has 0 aromatic heterocycles. The molecule has 0 radical (unpaired) electrons. The topological polar surface area (TPSA) is 18.5 Å². The van der Waals surface area contributed by atoms with Crippen molar-refractivity contribution in [2.24, 2.45) is 5.92 Å². The smallest absolute Gasteiger partial charge is 0.387 e. The highest BCUT2D eigenvalue weighted by molar-refractivity contribution is 5.84. The van der Waals surface area contributed by atoms with Gasteiger partial charge in [-0.25, -0.2) is 4.39 Å². The minimum Gasteiger partial charge on any atom is -0.435 e. The summed E-state index contributed by atoms with van der Waals surface area (Å²) in [6.45, 7) is -2.00. The van der Waals surface area contributed by atoms with Gasteiger partial charge in [-0.15, -0.1) is 0 Å². The van der Waals surface area contributed by atoms with Crippen LogP contribution in [0.25, 0.3) is 10.8 Å². The highest BCUT2D eigenvalue weighted by atomic mass is 19.3. The maximum Gasteiger partial charge on any atom is 0.387 e. The van der Waals surface area contributed by atoms with Gasteiger partial charge in [-0.05, 0) is 84.6 Å². The summed E-state index contributed by atoms with van der Waals surface area (Å²) in [6, 6.07) is 16.5. The summed E-state index contributed by atoms with van der Waals surface area (Å²) in [4.78, 5) is 0. The van der Waals surface area contributed by atoms with Crippen LogP contribution in [0.1, 0.15) is 48.3 Å². The average Bonchev–Trinajstić information content (AvgIpc) is 2.80. The first-order valence-corrected chi connectivity index (χ1v) is 11.3. The first-order chi connectivity index (χ1) is 15.5. The van der Waals surface area contributed by atoms with E-state index in [4.69, 9.17) is 4.74 Å². The van der Waals surface area contributed by atoms with Gasteiger partial charge in [-0.3, -0.25) is 0 Å². The summed E-state index contributed by atoms with van der Waals surface area (Å²) in [7, 11) is 1.76. The Labute approximate surface area is 187 Å². The SMILES string of the molecule is COCC1CCC(c2ccc3c(F)c(CCc4ccc(OC(F)F)cc4)ccc3c2)CC1. The van der Waals surface area contributed by atoms with Gasteiger partial charge in [-0.2, -0.15) is 8.78 Å². The first-order valence-electron chi connectivity index (χ1n) is 11.3. The fraction of sp³-hybridized carbons (Fsp3) is 0.407. The minimum atomic E-state index is -2.83. The van der Waals surface area contributed by atoms with Gasteiger partial charge in [0.1, 0.15) is 11.6 Å². The molecule has 0 saturated heterocycles. The summed E-state index contributed by atoms with van der Waals surface area (Å²) in [5.41, 5.74) is 2.91. The van der Waals surface area contributed by atoms with E-state index in [0.717, 1.165) is 30.4 Å². The van der Waals surface area contributed by atoms with Crippen LogP contribution < -0.4 is 4.74 Å². The van der Waals surface area contributed by atoms with Gasteiger partial charge in [0.2, 0.25) is 0 Å². The van der Waals surface area contributed by atoms with Crippen molar-refractivity contribution in [3.05, 3.63) is 77.1 Å². The second kappa shape index (κ2) is 10.4. The summed E-state index contributed by atoms with van der Waals surface area (Å²) < 4.78 is 49.4. The highest BCUT2D eigenvalue weighted by Gasteiger charge is 2.22. The summed E-state index contributed by atoms with van der Waals surface area (Å²) in [5, 5.41) is 1.59. The zero-order chi connectivity index (χ0) is 22.5. The van der Waals surface area contributed by atoms with Gasteiger partial charge in [0.05, 0.1) is 0 Å². The summed E-state index contributed by atoms with van der Waals surface area (Å²) in [6.07, 6.45) is 5.84. The molecule has 0 aliphatic heterocycles. The molecule has 1 aliphatic carbocycles. The largest absolute Gasteiger partial charge is 0.435 e. The maximum absolute atomic E-state index is 15.2. The molecular weight excluding hydrogens is 413 g/mol. The average molecular weight is 443 g/mol. The van der Waals surface area contributed by atoms with Crippen molar-refractivity contribution in [3.63, 3.8) is 0 Å². The molecule has 2 nitrogen and oxygen atoms in total. The van der Waals surface area contributed by atoms with Crippen LogP contribution in [-0.2, 0) is 17.6 Å². The molecule has 1 aliphatic rings. The maximum atomic E-state index is 15.2. The number of halogens is 3. The molecule has 1 saturated carbocycles. The third kappa shape index (κ3) is 5.44. The van der Waals surface area contributed by atoms with Crippen LogP contribution >= 0.6 is 0 Å². The van der Waals surface area contributed by atoms with Gasteiger partial charge >= 0.3 is 6.61 Å². The van der Waals surface area contributed by atoms with Gasteiger partial charge in [0.15, 0.2) is 0 Å². The molecule has 3 aromatic carbocycles. The highest BCUT2D eigenvalue weighted by Crippen LogP contribution is 2.37. The molecule has 32 heavy (non-hydrogen) atoms. The number of benzene rings is 3. The number of rotatable bonds is 8. The molecule has 170 valence electrons. The Morgan fingerprint density at radius 2 is 1.66 bits per heavy atom. The van der Waals surface area contributed by atoms with Crippen LogP contribution in [0.4, 0.5) is 13.2 Å². The molecule has 0 heterocycles. The molecule has 0 atom stereocenters. The van der Waals surface area contributed by atoms with E-state index >= 15 is 4.39 Å². The summed E-state index contributed by atoms with van der Waals surface area (Å²) >= 11 is 0. The minimum absolute atomic E-state index is 0.128. The predicted octanol–water partition coefficient (Wildman–Crippen LogP) is 7.29. The standard InChI is InChI=1S/C27H29F3O2/c1-31-17-19-3-7-20(8-4-19)22-12-15-25-23(16-22)11-10-21(26(25)28)9-2-18-5-13-24(14-6-18)32-27(29)30/h5-6,10-16,19-20,27H,2-4,7-9,17H2,1H3. The van der Waals surface area contributed by atoms with Gasteiger partial charge in [-0.1, -0.05) is 42.5 Å². The molecule has 4 rings (SSSR count). The lowest BCUT2D eigenvalue weighted by atomic mass is 9.78. The summed E-state index contributed by atoms with van der Waals surface area (Å²) in [5.74, 6) is 1.15. The van der Waals surface area contributed by atoms with Crippen molar-refractivity contribution >= 4 is 10.8 Å². The fourth-order valence-electron chi connectivity index (χ4n) is 4.82. The molecule has 0 amide bonds. The van der Waals surface area contributed by atoms with E-state index in [1.807, 2.05) is 18.2 Å². The molecule has 5 heteroatoms. The van der Waals surface area contributed by atoms with Crippen LogP contribution in [0.5, 0.6) is 5.75 Å². The third-order valence-electron chi connectivity index (χ3n) is 6.61. The molecule has 0 unspecified atom stereocenters. The Kier molecular flexibility index (Phi) is 7.36. The number of hydrogen-bond acceptors (Lipinski definition) is 2.